The summed E-state index contributed by atoms with van der Waals surface area (Å²) in [5, 5.41) is 2.42. The first-order valence-electron chi connectivity index (χ1n) is 8.96. The first-order chi connectivity index (χ1) is 12.1. The Morgan fingerprint density at radius 1 is 1.32 bits per heavy atom. The molecule has 1 aromatic rings. The molecule has 0 N–H and O–H groups in total. The Hall–Kier alpha value is -1.47. The van der Waals surface area contributed by atoms with Gasteiger partial charge in [-0.15, -0.1) is 11.3 Å². The molecular weight excluding hydrogens is 340 g/mol. The summed E-state index contributed by atoms with van der Waals surface area (Å²) < 4.78 is 10.1. The zero-order chi connectivity index (χ0) is 18.7. The molecule has 7 heteroatoms. The molecule has 25 heavy (non-hydrogen) atoms. The second-order valence-electron chi connectivity index (χ2n) is 5.85. The molecule has 0 radical (unpaired) electrons. The lowest BCUT2D eigenvalue weighted by Gasteiger charge is -2.26. The number of aromatic nitrogens is 1. The molecule has 1 heterocycles. The van der Waals surface area contributed by atoms with Crippen molar-refractivity contribution in [1.29, 1.82) is 0 Å². The van der Waals surface area contributed by atoms with Crippen LogP contribution in [0.5, 0.6) is 0 Å². The number of ether oxygens (including phenoxy) is 2. The summed E-state index contributed by atoms with van der Waals surface area (Å²) in [7, 11) is 1.62. The van der Waals surface area contributed by atoms with Crippen LogP contribution in [0.4, 0.5) is 0 Å². The first-order valence-corrected chi connectivity index (χ1v) is 9.84. The standard InChI is InChI=1S/C18H30N2O4S/c1-5-8-9-14(6-2)17(21)20(10-11-23-4)12-16-19-15(13-25-16)18(22)24-7-3/h13-14H,5-12H2,1-4H3/t14-/m1/s1. The third-order valence-corrected chi connectivity index (χ3v) is 4.82. The molecule has 0 fully saturated rings. The summed E-state index contributed by atoms with van der Waals surface area (Å²) >= 11 is 1.37. The summed E-state index contributed by atoms with van der Waals surface area (Å²) in [5.41, 5.74) is 0.305. The predicted molar refractivity (Wildman–Crippen MR) is 98.7 cm³/mol. The molecule has 0 saturated heterocycles. The highest BCUT2D eigenvalue weighted by atomic mass is 32.1. The molecular formula is C18H30N2O4S. The number of thiazole rings is 1. The van der Waals surface area contributed by atoms with Gasteiger partial charge in [-0.05, 0) is 19.8 Å². The van der Waals surface area contributed by atoms with E-state index in [4.69, 9.17) is 9.47 Å². The molecule has 0 aliphatic heterocycles. The fraction of sp³-hybridized carbons (Fsp3) is 0.722. The van der Waals surface area contributed by atoms with Gasteiger partial charge in [0.25, 0.3) is 0 Å². The minimum Gasteiger partial charge on any atom is -0.461 e. The maximum atomic E-state index is 12.9. The molecule has 0 saturated carbocycles. The largest absolute Gasteiger partial charge is 0.461 e. The van der Waals surface area contributed by atoms with Gasteiger partial charge < -0.3 is 14.4 Å². The number of hydrogen-bond donors (Lipinski definition) is 0. The van der Waals surface area contributed by atoms with Crippen LogP contribution in [0, 0.1) is 5.92 Å². The number of hydrogen-bond acceptors (Lipinski definition) is 6. The lowest BCUT2D eigenvalue weighted by Crippen LogP contribution is -2.37. The monoisotopic (exact) mass is 370 g/mol. The number of amides is 1. The molecule has 142 valence electrons. The van der Waals surface area contributed by atoms with E-state index < -0.39 is 5.97 Å². The van der Waals surface area contributed by atoms with Gasteiger partial charge in [0.05, 0.1) is 19.8 Å². The van der Waals surface area contributed by atoms with Gasteiger partial charge in [0, 0.05) is 25.0 Å². The van der Waals surface area contributed by atoms with Crippen LogP contribution in [-0.2, 0) is 20.8 Å². The van der Waals surface area contributed by atoms with Crippen molar-refractivity contribution < 1.29 is 19.1 Å². The molecule has 1 rings (SSSR count). The Kier molecular flexibility index (Phi) is 10.3. The fourth-order valence-electron chi connectivity index (χ4n) is 2.53. The lowest BCUT2D eigenvalue weighted by molar-refractivity contribution is -0.137. The molecule has 1 aromatic heterocycles. The minimum atomic E-state index is -0.422. The Bertz CT molecular complexity index is 533. The van der Waals surface area contributed by atoms with Gasteiger partial charge in [0.2, 0.25) is 5.91 Å². The average Bonchev–Trinajstić information content (AvgIpc) is 3.08. The van der Waals surface area contributed by atoms with Crippen LogP contribution < -0.4 is 0 Å². The minimum absolute atomic E-state index is 0.0290. The van der Waals surface area contributed by atoms with Gasteiger partial charge in [0.1, 0.15) is 5.01 Å². The van der Waals surface area contributed by atoms with Crippen molar-refractivity contribution in [2.75, 3.05) is 26.9 Å². The number of carbonyl (C=O) groups excluding carboxylic acids is 2. The lowest BCUT2D eigenvalue weighted by atomic mass is 9.97. The fourth-order valence-corrected chi connectivity index (χ4v) is 3.30. The van der Waals surface area contributed by atoms with Crippen molar-refractivity contribution in [2.24, 2.45) is 5.92 Å². The van der Waals surface area contributed by atoms with E-state index in [0.29, 0.717) is 32.0 Å². The SMILES string of the molecule is CCCC[C@@H](CC)C(=O)N(CCOC)Cc1nc(C(=O)OCC)cs1. The Labute approximate surface area is 154 Å². The van der Waals surface area contributed by atoms with Gasteiger partial charge in [0.15, 0.2) is 5.69 Å². The molecule has 0 aliphatic carbocycles. The van der Waals surface area contributed by atoms with E-state index in [-0.39, 0.29) is 11.8 Å². The van der Waals surface area contributed by atoms with Crippen molar-refractivity contribution in [3.8, 4) is 0 Å². The quantitative estimate of drug-likeness (QED) is 0.527. The van der Waals surface area contributed by atoms with Gasteiger partial charge in [-0.25, -0.2) is 9.78 Å². The molecule has 0 bridgehead atoms. The second-order valence-corrected chi connectivity index (χ2v) is 6.79. The van der Waals surface area contributed by atoms with E-state index in [2.05, 4.69) is 18.8 Å². The normalized spacial score (nSPS) is 12.0. The van der Waals surface area contributed by atoms with Crippen molar-refractivity contribution in [3.63, 3.8) is 0 Å². The summed E-state index contributed by atoms with van der Waals surface area (Å²) in [6, 6.07) is 0. The first kappa shape index (κ1) is 21.6. The summed E-state index contributed by atoms with van der Waals surface area (Å²) in [6.45, 7) is 7.66. The highest BCUT2D eigenvalue weighted by Gasteiger charge is 2.24. The van der Waals surface area contributed by atoms with E-state index in [9.17, 15) is 9.59 Å². The van der Waals surface area contributed by atoms with Crippen molar-refractivity contribution in [2.45, 2.75) is 53.0 Å². The molecule has 0 aliphatic rings. The number of carbonyl (C=O) groups is 2. The van der Waals surface area contributed by atoms with Gasteiger partial charge in [-0.1, -0.05) is 26.7 Å². The van der Waals surface area contributed by atoms with E-state index in [1.54, 1.807) is 24.3 Å². The molecule has 1 amide bonds. The molecule has 0 aromatic carbocycles. The average molecular weight is 371 g/mol. The van der Waals surface area contributed by atoms with Crippen LogP contribution in [-0.4, -0.2) is 48.6 Å². The molecule has 0 spiro atoms. The maximum Gasteiger partial charge on any atom is 0.357 e. The van der Waals surface area contributed by atoms with E-state index in [1.165, 1.54) is 11.3 Å². The van der Waals surface area contributed by atoms with Crippen molar-refractivity contribution in [3.05, 3.63) is 16.1 Å². The van der Waals surface area contributed by atoms with Crippen LogP contribution in [0.25, 0.3) is 0 Å². The summed E-state index contributed by atoms with van der Waals surface area (Å²) in [6.07, 6.45) is 3.86. The van der Waals surface area contributed by atoms with E-state index in [1.807, 2.05) is 0 Å². The second kappa shape index (κ2) is 12.0. The van der Waals surface area contributed by atoms with Crippen LogP contribution in [0.3, 0.4) is 0 Å². The van der Waals surface area contributed by atoms with E-state index in [0.717, 1.165) is 30.7 Å². The maximum absolute atomic E-state index is 12.9. The Morgan fingerprint density at radius 3 is 2.68 bits per heavy atom. The van der Waals surface area contributed by atoms with Crippen LogP contribution in [0.2, 0.25) is 0 Å². The summed E-state index contributed by atoms with van der Waals surface area (Å²) in [5.74, 6) is -0.253. The summed E-state index contributed by atoms with van der Waals surface area (Å²) in [4.78, 5) is 30.7. The smallest absolute Gasteiger partial charge is 0.357 e. The van der Waals surface area contributed by atoms with Crippen LogP contribution in [0.15, 0.2) is 5.38 Å². The zero-order valence-electron chi connectivity index (χ0n) is 15.7. The van der Waals surface area contributed by atoms with E-state index >= 15 is 0 Å². The molecule has 1 atom stereocenters. The van der Waals surface area contributed by atoms with Crippen molar-refractivity contribution >= 4 is 23.2 Å². The third kappa shape index (κ3) is 7.12. The topological polar surface area (TPSA) is 68.7 Å². The zero-order valence-corrected chi connectivity index (χ0v) is 16.6. The highest BCUT2D eigenvalue weighted by molar-refractivity contribution is 7.09. The Balaban J connectivity index is 2.81. The van der Waals surface area contributed by atoms with Crippen molar-refractivity contribution in [1.82, 2.24) is 9.88 Å². The number of esters is 1. The van der Waals surface area contributed by atoms with Crippen LogP contribution >= 0.6 is 11.3 Å². The number of methoxy groups -OCH3 is 1. The highest BCUT2D eigenvalue weighted by Crippen LogP contribution is 2.19. The van der Waals surface area contributed by atoms with Gasteiger partial charge >= 0.3 is 5.97 Å². The molecule has 6 nitrogen and oxygen atoms in total. The number of unbranched alkanes of at least 4 members (excludes halogenated alkanes) is 1. The molecule has 0 unspecified atom stereocenters. The van der Waals surface area contributed by atoms with Crippen LogP contribution in [0.1, 0.15) is 62.0 Å². The number of nitrogens with zero attached hydrogens (tertiary/aromatic N) is 2. The van der Waals surface area contributed by atoms with Gasteiger partial charge in [-0.2, -0.15) is 0 Å². The third-order valence-electron chi connectivity index (χ3n) is 3.99. The Morgan fingerprint density at radius 2 is 2.08 bits per heavy atom. The predicted octanol–water partition coefficient (Wildman–Crippen LogP) is 3.51. The number of rotatable bonds is 12. The van der Waals surface area contributed by atoms with Gasteiger partial charge in [-0.3, -0.25) is 4.79 Å².